The van der Waals surface area contributed by atoms with Crippen LogP contribution in [0.25, 0.3) is 5.65 Å². The Morgan fingerprint density at radius 1 is 1.62 bits per heavy atom. The number of aromatic nitrogens is 4. The lowest BCUT2D eigenvalue weighted by atomic mass is 10.4. The molecule has 0 atom stereocenters. The Kier molecular flexibility index (Phi) is 1.54. The zero-order chi connectivity index (χ0) is 9.42. The third-order valence-electron chi connectivity index (χ3n) is 1.79. The fourth-order valence-electron chi connectivity index (χ4n) is 1.11. The third kappa shape index (κ3) is 1.07. The van der Waals surface area contributed by atoms with Crippen LogP contribution in [0.4, 0.5) is 5.95 Å². The molecule has 0 saturated heterocycles. The van der Waals surface area contributed by atoms with Crippen LogP contribution >= 0.6 is 0 Å². The minimum absolute atomic E-state index is 0.289. The van der Waals surface area contributed by atoms with E-state index in [2.05, 4.69) is 20.4 Å². The smallest absolute Gasteiger partial charge is 0.350 e. The van der Waals surface area contributed by atoms with Gasteiger partial charge in [0.25, 0.3) is 0 Å². The van der Waals surface area contributed by atoms with E-state index in [0.29, 0.717) is 11.6 Å². The predicted molar refractivity (Wildman–Crippen MR) is 47.9 cm³/mol. The van der Waals surface area contributed by atoms with E-state index in [0.717, 1.165) is 5.56 Å². The van der Waals surface area contributed by atoms with E-state index in [1.165, 1.54) is 4.52 Å². The summed E-state index contributed by atoms with van der Waals surface area (Å²) in [7, 11) is 1.69. The average Bonchev–Trinajstić information content (AvgIpc) is 2.48. The van der Waals surface area contributed by atoms with E-state index < -0.39 is 0 Å². The molecule has 2 rings (SSSR count). The van der Waals surface area contributed by atoms with E-state index in [1.807, 2.05) is 6.92 Å². The van der Waals surface area contributed by atoms with Crippen molar-refractivity contribution in [2.45, 2.75) is 6.92 Å². The largest absolute Gasteiger partial charge is 0.359 e. The highest BCUT2D eigenvalue weighted by Crippen LogP contribution is 2.04. The number of hydrogen-bond acceptors (Lipinski definition) is 4. The normalized spacial score (nSPS) is 10.6. The van der Waals surface area contributed by atoms with Gasteiger partial charge in [0.05, 0.1) is 6.20 Å². The first-order chi connectivity index (χ1) is 6.22. The van der Waals surface area contributed by atoms with Crippen LogP contribution in [0, 0.1) is 6.92 Å². The lowest BCUT2D eigenvalue weighted by Crippen LogP contribution is -2.20. The molecule has 0 aliphatic carbocycles. The Labute approximate surface area is 73.6 Å². The summed E-state index contributed by atoms with van der Waals surface area (Å²) in [6.45, 7) is 1.86. The molecule has 2 aromatic rings. The van der Waals surface area contributed by atoms with E-state index in [-0.39, 0.29) is 5.69 Å². The number of rotatable bonds is 1. The maximum atomic E-state index is 11.3. The van der Waals surface area contributed by atoms with Crippen LogP contribution in [0.15, 0.2) is 11.0 Å². The van der Waals surface area contributed by atoms with Crippen LogP contribution in [0.2, 0.25) is 0 Å². The second-order valence-electron chi connectivity index (χ2n) is 2.70. The Balaban J connectivity index is 2.88. The molecule has 13 heavy (non-hydrogen) atoms. The zero-order valence-electron chi connectivity index (χ0n) is 7.33. The fraction of sp³-hybridized carbons (Fsp3) is 0.286. The first-order valence-electron chi connectivity index (χ1n) is 3.85. The highest BCUT2D eigenvalue weighted by Gasteiger charge is 2.05. The molecule has 0 bridgehead atoms. The molecule has 0 amide bonds. The number of aryl methyl sites for hydroxylation is 1. The molecule has 0 fully saturated rings. The monoisotopic (exact) mass is 179 g/mol. The van der Waals surface area contributed by atoms with Gasteiger partial charge >= 0.3 is 5.69 Å². The lowest BCUT2D eigenvalue weighted by molar-refractivity contribution is 0.843. The SMILES string of the molecule is CNc1nc2c(C)cnn2c(=O)[nH]1. The van der Waals surface area contributed by atoms with Gasteiger partial charge < -0.3 is 5.32 Å². The van der Waals surface area contributed by atoms with Crippen molar-refractivity contribution < 1.29 is 0 Å². The standard InChI is InChI=1S/C7H9N5O/c1-4-3-9-12-5(4)10-6(8-2)11-7(12)13/h3H,1-2H3,(H2,8,10,11,13). The van der Waals surface area contributed by atoms with Gasteiger partial charge in [0, 0.05) is 12.6 Å². The van der Waals surface area contributed by atoms with E-state index in [4.69, 9.17) is 0 Å². The Hall–Kier alpha value is -1.85. The van der Waals surface area contributed by atoms with Gasteiger partial charge in [0.2, 0.25) is 5.95 Å². The molecule has 0 aromatic carbocycles. The van der Waals surface area contributed by atoms with Crippen molar-refractivity contribution in [2.24, 2.45) is 0 Å². The predicted octanol–water partition coefficient (Wildman–Crippen LogP) is -0.232. The van der Waals surface area contributed by atoms with Crippen LogP contribution in [0.5, 0.6) is 0 Å². The van der Waals surface area contributed by atoms with Gasteiger partial charge in [-0.15, -0.1) is 0 Å². The molecule has 0 spiro atoms. The summed E-state index contributed by atoms with van der Waals surface area (Å²) in [5.41, 5.74) is 1.16. The average molecular weight is 179 g/mol. The summed E-state index contributed by atoms with van der Waals surface area (Å²) < 4.78 is 1.23. The van der Waals surface area contributed by atoms with Crippen molar-refractivity contribution in [3.63, 3.8) is 0 Å². The van der Waals surface area contributed by atoms with Gasteiger partial charge in [-0.25, -0.2) is 4.79 Å². The number of anilines is 1. The topological polar surface area (TPSA) is 75.1 Å². The van der Waals surface area contributed by atoms with Crippen molar-refractivity contribution >= 4 is 11.6 Å². The third-order valence-corrected chi connectivity index (χ3v) is 1.79. The maximum Gasteiger partial charge on any atom is 0.350 e. The zero-order valence-corrected chi connectivity index (χ0v) is 7.33. The summed E-state index contributed by atoms with van der Waals surface area (Å²) in [5, 5.41) is 6.64. The maximum absolute atomic E-state index is 11.3. The molecule has 0 aliphatic rings. The van der Waals surface area contributed by atoms with Gasteiger partial charge in [-0.05, 0) is 6.92 Å². The summed E-state index contributed by atoms with van der Waals surface area (Å²) in [6.07, 6.45) is 1.61. The summed E-state index contributed by atoms with van der Waals surface area (Å²) in [4.78, 5) is 18.0. The van der Waals surface area contributed by atoms with Gasteiger partial charge in [0.15, 0.2) is 5.65 Å². The second kappa shape index (κ2) is 2.58. The van der Waals surface area contributed by atoms with Crippen LogP contribution in [-0.4, -0.2) is 26.6 Å². The molecule has 0 radical (unpaired) electrons. The van der Waals surface area contributed by atoms with Crippen LogP contribution in [0.1, 0.15) is 5.56 Å². The van der Waals surface area contributed by atoms with E-state index >= 15 is 0 Å². The highest BCUT2D eigenvalue weighted by molar-refractivity contribution is 5.47. The quantitative estimate of drug-likeness (QED) is 0.634. The minimum atomic E-state index is -0.289. The van der Waals surface area contributed by atoms with Crippen molar-refractivity contribution in [1.29, 1.82) is 0 Å². The number of nitrogens with zero attached hydrogens (tertiary/aromatic N) is 3. The first kappa shape index (κ1) is 7.78. The molecule has 2 N–H and O–H groups in total. The summed E-state index contributed by atoms with van der Waals surface area (Å²) >= 11 is 0. The minimum Gasteiger partial charge on any atom is -0.359 e. The van der Waals surface area contributed by atoms with Crippen molar-refractivity contribution in [3.8, 4) is 0 Å². The number of aromatic amines is 1. The Morgan fingerprint density at radius 2 is 2.38 bits per heavy atom. The first-order valence-corrected chi connectivity index (χ1v) is 3.85. The van der Waals surface area contributed by atoms with Gasteiger partial charge in [-0.1, -0.05) is 0 Å². The number of fused-ring (bicyclic) bond motifs is 1. The van der Waals surface area contributed by atoms with Crippen molar-refractivity contribution in [1.82, 2.24) is 19.6 Å². The molecule has 68 valence electrons. The molecule has 0 saturated carbocycles. The van der Waals surface area contributed by atoms with Crippen molar-refractivity contribution in [3.05, 3.63) is 22.2 Å². The van der Waals surface area contributed by atoms with E-state index in [9.17, 15) is 4.79 Å². The number of hydrogen-bond donors (Lipinski definition) is 2. The van der Waals surface area contributed by atoms with Crippen LogP contribution in [0.3, 0.4) is 0 Å². The molecular formula is C7H9N5O. The number of nitrogens with one attached hydrogen (secondary N) is 2. The number of H-pyrrole nitrogens is 1. The fourth-order valence-corrected chi connectivity index (χ4v) is 1.11. The van der Waals surface area contributed by atoms with E-state index in [1.54, 1.807) is 13.2 Å². The molecule has 6 nitrogen and oxygen atoms in total. The highest BCUT2D eigenvalue weighted by atomic mass is 16.1. The molecule has 2 aromatic heterocycles. The van der Waals surface area contributed by atoms with Crippen LogP contribution in [-0.2, 0) is 0 Å². The Bertz CT molecular complexity index is 497. The molecule has 0 unspecified atom stereocenters. The summed E-state index contributed by atoms with van der Waals surface area (Å²) in [5.74, 6) is 0.445. The molecule has 6 heteroatoms. The molecule has 0 aliphatic heterocycles. The van der Waals surface area contributed by atoms with Gasteiger partial charge in [0.1, 0.15) is 0 Å². The van der Waals surface area contributed by atoms with Gasteiger partial charge in [-0.3, -0.25) is 4.98 Å². The second-order valence-corrected chi connectivity index (χ2v) is 2.70. The summed E-state index contributed by atoms with van der Waals surface area (Å²) in [6, 6.07) is 0. The van der Waals surface area contributed by atoms with Crippen LogP contribution < -0.4 is 11.0 Å². The molecular weight excluding hydrogens is 170 g/mol. The van der Waals surface area contributed by atoms with Crippen molar-refractivity contribution in [2.75, 3.05) is 12.4 Å². The van der Waals surface area contributed by atoms with Gasteiger partial charge in [-0.2, -0.15) is 14.6 Å². The molecule has 2 heterocycles. The lowest BCUT2D eigenvalue weighted by Gasteiger charge is -1.98. The Morgan fingerprint density at radius 3 is 3.08 bits per heavy atom.